The summed E-state index contributed by atoms with van der Waals surface area (Å²) < 4.78 is 0. The van der Waals surface area contributed by atoms with Crippen molar-refractivity contribution in [1.29, 1.82) is 0 Å². The quantitative estimate of drug-likeness (QED) is 0.934. The third-order valence-electron chi connectivity index (χ3n) is 3.42. The molecule has 1 atom stereocenters. The molecule has 0 aromatic carbocycles. The topological polar surface area (TPSA) is 75.2 Å². The number of nitrogens with one attached hydrogen (secondary N) is 1. The van der Waals surface area contributed by atoms with E-state index in [-0.39, 0.29) is 17.5 Å². The van der Waals surface area contributed by atoms with Crippen LogP contribution in [0.25, 0.3) is 0 Å². The molecule has 3 rings (SSSR count). The molecule has 1 N–H and O–H groups in total. The van der Waals surface area contributed by atoms with Gasteiger partial charge in [-0.3, -0.25) is 14.6 Å². The van der Waals surface area contributed by atoms with Crippen LogP contribution in [0, 0.1) is 0 Å². The maximum atomic E-state index is 12.5. The van der Waals surface area contributed by atoms with Crippen molar-refractivity contribution in [2.75, 3.05) is 11.9 Å². The van der Waals surface area contributed by atoms with Gasteiger partial charge in [0.05, 0.1) is 0 Å². The Morgan fingerprint density at radius 3 is 2.95 bits per heavy atom. The van der Waals surface area contributed by atoms with Crippen molar-refractivity contribution in [2.24, 2.45) is 0 Å². The van der Waals surface area contributed by atoms with Gasteiger partial charge < -0.3 is 10.2 Å². The number of amides is 2. The number of carbonyl (C=O) groups is 2. The molecule has 0 bridgehead atoms. The van der Waals surface area contributed by atoms with E-state index in [0.29, 0.717) is 23.1 Å². The van der Waals surface area contributed by atoms with Crippen LogP contribution in [-0.2, 0) is 4.79 Å². The summed E-state index contributed by atoms with van der Waals surface area (Å²) in [6, 6.07) is 2.62. The number of carbonyl (C=O) groups excluding carboxylic acids is 2. The van der Waals surface area contributed by atoms with Gasteiger partial charge in [0.25, 0.3) is 5.91 Å². The lowest BCUT2D eigenvalue weighted by molar-refractivity contribution is -0.119. The van der Waals surface area contributed by atoms with E-state index in [1.54, 1.807) is 22.5 Å². The predicted octanol–water partition coefficient (Wildman–Crippen LogP) is 2.43. The van der Waals surface area contributed by atoms with E-state index >= 15 is 0 Å². The zero-order valence-electron chi connectivity index (χ0n) is 11.5. The summed E-state index contributed by atoms with van der Waals surface area (Å²) in [4.78, 5) is 34.5. The van der Waals surface area contributed by atoms with Crippen molar-refractivity contribution in [1.82, 2.24) is 14.9 Å². The van der Waals surface area contributed by atoms with Crippen LogP contribution < -0.4 is 5.32 Å². The van der Waals surface area contributed by atoms with Gasteiger partial charge in [0.15, 0.2) is 5.13 Å². The summed E-state index contributed by atoms with van der Waals surface area (Å²) in [7, 11) is 0. The highest BCUT2D eigenvalue weighted by atomic mass is 35.5. The van der Waals surface area contributed by atoms with E-state index in [2.05, 4.69) is 15.3 Å². The summed E-state index contributed by atoms with van der Waals surface area (Å²) in [6.07, 6.45) is 4.51. The van der Waals surface area contributed by atoms with Crippen LogP contribution in [0.3, 0.4) is 0 Å². The standard InChI is InChI=1S/C14H13ClN4O2S/c15-9-3-4-16-10(8-9)13(21)19-6-1-2-11(19)12(20)18-14-17-5-7-22-14/h3-5,7-8,11H,1-2,6H2,(H,17,18,20). The number of hydrogen-bond acceptors (Lipinski definition) is 5. The van der Waals surface area contributed by atoms with Gasteiger partial charge in [-0.05, 0) is 25.0 Å². The van der Waals surface area contributed by atoms with Crippen molar-refractivity contribution >= 4 is 39.9 Å². The minimum absolute atomic E-state index is 0.220. The Kier molecular flexibility index (Phi) is 4.35. The van der Waals surface area contributed by atoms with Crippen LogP contribution in [0.2, 0.25) is 5.02 Å². The molecule has 0 saturated carbocycles. The minimum atomic E-state index is -0.503. The zero-order valence-corrected chi connectivity index (χ0v) is 13.1. The number of pyridine rings is 1. The second-order valence-corrected chi connectivity index (χ2v) is 6.17. The monoisotopic (exact) mass is 336 g/mol. The molecule has 0 radical (unpaired) electrons. The maximum Gasteiger partial charge on any atom is 0.273 e. The van der Waals surface area contributed by atoms with Crippen molar-refractivity contribution in [3.05, 3.63) is 40.6 Å². The van der Waals surface area contributed by atoms with Gasteiger partial charge in [-0.1, -0.05) is 11.6 Å². The fourth-order valence-electron chi connectivity index (χ4n) is 2.43. The highest BCUT2D eigenvalue weighted by Crippen LogP contribution is 2.22. The van der Waals surface area contributed by atoms with Crippen LogP contribution in [0.15, 0.2) is 29.9 Å². The maximum absolute atomic E-state index is 12.5. The van der Waals surface area contributed by atoms with E-state index in [0.717, 1.165) is 6.42 Å². The second kappa shape index (κ2) is 6.41. The van der Waals surface area contributed by atoms with Gasteiger partial charge in [-0.25, -0.2) is 4.98 Å². The van der Waals surface area contributed by atoms with Crippen LogP contribution in [-0.4, -0.2) is 39.3 Å². The lowest BCUT2D eigenvalue weighted by Gasteiger charge is -2.23. The fraction of sp³-hybridized carbons (Fsp3) is 0.286. The minimum Gasteiger partial charge on any atom is -0.325 e. The molecule has 8 heteroatoms. The number of anilines is 1. The van der Waals surface area contributed by atoms with Gasteiger partial charge >= 0.3 is 0 Å². The fourth-order valence-corrected chi connectivity index (χ4v) is 3.12. The third kappa shape index (κ3) is 3.10. The lowest BCUT2D eigenvalue weighted by Crippen LogP contribution is -2.43. The van der Waals surface area contributed by atoms with Gasteiger partial charge in [-0.2, -0.15) is 0 Å². The Labute approximate surface area is 136 Å². The van der Waals surface area contributed by atoms with E-state index in [1.165, 1.54) is 23.6 Å². The molecule has 1 fully saturated rings. The number of nitrogens with zero attached hydrogens (tertiary/aromatic N) is 3. The first kappa shape index (κ1) is 14.9. The van der Waals surface area contributed by atoms with Crippen LogP contribution in [0.5, 0.6) is 0 Å². The largest absolute Gasteiger partial charge is 0.325 e. The first-order chi connectivity index (χ1) is 10.6. The molecular weight excluding hydrogens is 324 g/mol. The van der Waals surface area contributed by atoms with E-state index in [1.807, 2.05) is 0 Å². The normalized spacial score (nSPS) is 17.5. The molecule has 1 saturated heterocycles. The second-order valence-electron chi connectivity index (χ2n) is 4.84. The van der Waals surface area contributed by atoms with E-state index in [4.69, 9.17) is 11.6 Å². The molecule has 2 aromatic rings. The molecule has 114 valence electrons. The molecule has 1 unspecified atom stereocenters. The first-order valence-corrected chi connectivity index (χ1v) is 8.04. The summed E-state index contributed by atoms with van der Waals surface area (Å²) >= 11 is 7.23. The first-order valence-electron chi connectivity index (χ1n) is 6.78. The van der Waals surface area contributed by atoms with Gasteiger partial charge in [0.1, 0.15) is 11.7 Å². The Morgan fingerprint density at radius 1 is 1.36 bits per heavy atom. The van der Waals surface area contributed by atoms with Crippen molar-refractivity contribution < 1.29 is 9.59 Å². The van der Waals surface area contributed by atoms with E-state index < -0.39 is 6.04 Å². The van der Waals surface area contributed by atoms with Crippen molar-refractivity contribution in [3.8, 4) is 0 Å². The smallest absolute Gasteiger partial charge is 0.273 e. The molecule has 1 aliphatic rings. The highest BCUT2D eigenvalue weighted by Gasteiger charge is 2.35. The molecule has 2 aromatic heterocycles. The Morgan fingerprint density at radius 2 is 2.23 bits per heavy atom. The van der Waals surface area contributed by atoms with Gasteiger partial charge in [0, 0.05) is 29.3 Å². The molecule has 0 spiro atoms. The van der Waals surface area contributed by atoms with Crippen LogP contribution >= 0.6 is 22.9 Å². The molecule has 3 heterocycles. The lowest BCUT2D eigenvalue weighted by atomic mass is 10.2. The average Bonchev–Trinajstić information content (AvgIpc) is 3.17. The summed E-state index contributed by atoms with van der Waals surface area (Å²) in [5.74, 6) is -0.498. The molecule has 6 nitrogen and oxygen atoms in total. The predicted molar refractivity (Wildman–Crippen MR) is 84.0 cm³/mol. The summed E-state index contributed by atoms with van der Waals surface area (Å²) in [5.41, 5.74) is 0.251. The van der Waals surface area contributed by atoms with Crippen molar-refractivity contribution in [3.63, 3.8) is 0 Å². The van der Waals surface area contributed by atoms with Gasteiger partial charge in [-0.15, -0.1) is 11.3 Å². The zero-order chi connectivity index (χ0) is 15.5. The number of halogens is 1. The average molecular weight is 337 g/mol. The highest BCUT2D eigenvalue weighted by molar-refractivity contribution is 7.13. The molecule has 22 heavy (non-hydrogen) atoms. The molecule has 2 amide bonds. The number of aromatic nitrogens is 2. The number of likely N-dealkylation sites (tertiary alicyclic amines) is 1. The Balaban J connectivity index is 1.75. The molecular formula is C14H13ClN4O2S. The summed E-state index contributed by atoms with van der Waals surface area (Å²) in [5, 5.41) is 5.50. The van der Waals surface area contributed by atoms with Crippen LogP contribution in [0.1, 0.15) is 23.3 Å². The Bertz CT molecular complexity index is 692. The number of thiazole rings is 1. The van der Waals surface area contributed by atoms with Crippen molar-refractivity contribution in [2.45, 2.75) is 18.9 Å². The Hall–Kier alpha value is -1.99. The third-order valence-corrected chi connectivity index (χ3v) is 4.34. The van der Waals surface area contributed by atoms with Crippen LogP contribution in [0.4, 0.5) is 5.13 Å². The molecule has 0 aliphatic carbocycles. The van der Waals surface area contributed by atoms with Gasteiger partial charge in [0.2, 0.25) is 5.91 Å². The SMILES string of the molecule is O=C(Nc1nccs1)C1CCCN1C(=O)c1cc(Cl)ccn1. The van der Waals surface area contributed by atoms with E-state index in [9.17, 15) is 9.59 Å². The number of hydrogen-bond donors (Lipinski definition) is 1. The number of rotatable bonds is 3. The summed E-state index contributed by atoms with van der Waals surface area (Å²) in [6.45, 7) is 0.531. The molecule has 1 aliphatic heterocycles.